The van der Waals surface area contributed by atoms with E-state index in [9.17, 15) is 9.90 Å². The summed E-state index contributed by atoms with van der Waals surface area (Å²) in [5, 5.41) is 10.3. The summed E-state index contributed by atoms with van der Waals surface area (Å²) >= 11 is 0. The number of unbranched alkanes of at least 4 members (excludes halogenated alkanes) is 3. The van der Waals surface area contributed by atoms with Crippen LogP contribution in [0, 0.1) is 6.92 Å². The molecule has 1 N–H and O–H groups in total. The molecule has 0 aliphatic rings. The number of carboxylic acid groups (broad SMARTS) is 1. The molecule has 29 heavy (non-hydrogen) atoms. The molecule has 2 aromatic carbocycles. The third-order valence-corrected chi connectivity index (χ3v) is 4.91. The minimum absolute atomic E-state index is 0.240. The molecular weight excluding hydrogens is 366 g/mol. The fraction of sp³-hybridized carbons (Fsp3) is 0.333. The van der Waals surface area contributed by atoms with E-state index in [1.54, 1.807) is 13.2 Å². The predicted octanol–water partition coefficient (Wildman–Crippen LogP) is 5.88. The van der Waals surface area contributed by atoms with Crippen molar-refractivity contribution in [2.75, 3.05) is 13.7 Å². The molecule has 0 bridgehead atoms. The zero-order chi connectivity index (χ0) is 20.8. The fourth-order valence-corrected chi connectivity index (χ4v) is 3.32. The van der Waals surface area contributed by atoms with Crippen LogP contribution in [0.5, 0.6) is 11.5 Å². The van der Waals surface area contributed by atoms with Gasteiger partial charge in [0, 0.05) is 10.9 Å². The first kappa shape index (κ1) is 20.6. The highest BCUT2D eigenvalue weighted by molar-refractivity contribution is 6.04. The van der Waals surface area contributed by atoms with Crippen LogP contribution >= 0.6 is 0 Å². The van der Waals surface area contributed by atoms with Gasteiger partial charge in [0.2, 0.25) is 0 Å². The predicted molar refractivity (Wildman–Crippen MR) is 115 cm³/mol. The number of carbonyl (C=O) groups is 1. The summed E-state index contributed by atoms with van der Waals surface area (Å²) in [5.41, 5.74) is 3.26. The molecular formula is C24H27NO4. The summed E-state index contributed by atoms with van der Waals surface area (Å²) in [7, 11) is 1.60. The van der Waals surface area contributed by atoms with E-state index < -0.39 is 5.97 Å². The Hall–Kier alpha value is -3.08. The van der Waals surface area contributed by atoms with Crippen LogP contribution in [0.15, 0.2) is 42.5 Å². The Bertz CT molecular complexity index is 1010. The number of hydrogen-bond donors (Lipinski definition) is 1. The van der Waals surface area contributed by atoms with Crippen LogP contribution in [0.1, 0.15) is 48.5 Å². The third kappa shape index (κ3) is 4.86. The van der Waals surface area contributed by atoms with E-state index in [1.807, 2.05) is 43.3 Å². The number of rotatable bonds is 9. The maximum atomic E-state index is 11.8. The van der Waals surface area contributed by atoms with Gasteiger partial charge in [0.1, 0.15) is 0 Å². The minimum Gasteiger partial charge on any atom is -0.493 e. The molecule has 0 saturated heterocycles. The lowest BCUT2D eigenvalue weighted by molar-refractivity contribution is 0.0699. The van der Waals surface area contributed by atoms with Gasteiger partial charge in [-0.1, -0.05) is 37.8 Å². The minimum atomic E-state index is -0.969. The molecule has 5 nitrogen and oxygen atoms in total. The van der Waals surface area contributed by atoms with Gasteiger partial charge in [-0.25, -0.2) is 9.78 Å². The highest BCUT2D eigenvalue weighted by Crippen LogP contribution is 2.33. The number of aryl methyl sites for hydroxylation is 1. The molecule has 0 aliphatic heterocycles. The summed E-state index contributed by atoms with van der Waals surface area (Å²) in [4.78, 5) is 16.5. The first-order valence-corrected chi connectivity index (χ1v) is 9.99. The van der Waals surface area contributed by atoms with Crippen LogP contribution in [0.25, 0.3) is 22.2 Å². The second kappa shape index (κ2) is 9.41. The molecule has 3 aromatic rings. The van der Waals surface area contributed by atoms with Gasteiger partial charge >= 0.3 is 5.97 Å². The Morgan fingerprint density at radius 3 is 2.59 bits per heavy atom. The largest absolute Gasteiger partial charge is 0.493 e. The van der Waals surface area contributed by atoms with Crippen molar-refractivity contribution in [1.82, 2.24) is 4.98 Å². The summed E-state index contributed by atoms with van der Waals surface area (Å²) in [5.74, 6) is 0.325. The van der Waals surface area contributed by atoms with Crippen molar-refractivity contribution in [3.05, 3.63) is 53.6 Å². The van der Waals surface area contributed by atoms with Gasteiger partial charge in [0.05, 0.1) is 30.5 Å². The Morgan fingerprint density at radius 2 is 1.86 bits per heavy atom. The number of aromatic carboxylic acids is 1. The van der Waals surface area contributed by atoms with Crippen LogP contribution in [-0.2, 0) is 0 Å². The number of hydrogen-bond acceptors (Lipinski definition) is 4. The summed E-state index contributed by atoms with van der Waals surface area (Å²) in [6, 6.07) is 12.8. The van der Waals surface area contributed by atoms with E-state index >= 15 is 0 Å². The van der Waals surface area contributed by atoms with Gasteiger partial charge in [0.25, 0.3) is 0 Å². The second-order valence-electron chi connectivity index (χ2n) is 7.16. The van der Waals surface area contributed by atoms with Gasteiger partial charge < -0.3 is 14.6 Å². The summed E-state index contributed by atoms with van der Waals surface area (Å²) in [6.45, 7) is 4.76. The van der Waals surface area contributed by atoms with E-state index in [2.05, 4.69) is 11.9 Å². The summed E-state index contributed by atoms with van der Waals surface area (Å²) < 4.78 is 11.4. The first-order valence-electron chi connectivity index (χ1n) is 9.99. The Labute approximate surface area is 171 Å². The van der Waals surface area contributed by atoms with Crippen molar-refractivity contribution in [2.45, 2.75) is 39.5 Å². The molecule has 152 valence electrons. The lowest BCUT2D eigenvalue weighted by atomic mass is 10.0. The van der Waals surface area contributed by atoms with Gasteiger partial charge in [-0.15, -0.1) is 0 Å². The van der Waals surface area contributed by atoms with Crippen LogP contribution in [0.2, 0.25) is 0 Å². The third-order valence-electron chi connectivity index (χ3n) is 4.91. The average Bonchev–Trinajstić information content (AvgIpc) is 2.72. The number of methoxy groups -OCH3 is 1. The van der Waals surface area contributed by atoms with Crippen LogP contribution in [-0.4, -0.2) is 29.8 Å². The lowest BCUT2D eigenvalue weighted by Crippen LogP contribution is -2.01. The van der Waals surface area contributed by atoms with Crippen molar-refractivity contribution in [3.63, 3.8) is 0 Å². The second-order valence-corrected chi connectivity index (χ2v) is 7.16. The molecule has 0 unspecified atom stereocenters. The zero-order valence-corrected chi connectivity index (χ0v) is 17.2. The molecule has 0 atom stereocenters. The molecule has 0 amide bonds. The maximum Gasteiger partial charge on any atom is 0.336 e. The monoisotopic (exact) mass is 393 g/mol. The first-order chi connectivity index (χ1) is 14.0. The molecule has 0 radical (unpaired) electrons. The summed E-state index contributed by atoms with van der Waals surface area (Å²) in [6.07, 6.45) is 4.55. The molecule has 0 spiro atoms. The normalized spacial score (nSPS) is 10.9. The van der Waals surface area contributed by atoms with Crippen molar-refractivity contribution in [1.29, 1.82) is 0 Å². The fourth-order valence-electron chi connectivity index (χ4n) is 3.32. The van der Waals surface area contributed by atoms with Gasteiger partial charge in [0.15, 0.2) is 11.5 Å². The highest BCUT2D eigenvalue weighted by Gasteiger charge is 2.15. The van der Waals surface area contributed by atoms with E-state index in [0.29, 0.717) is 34.7 Å². The van der Waals surface area contributed by atoms with E-state index in [-0.39, 0.29) is 5.56 Å². The Morgan fingerprint density at radius 1 is 1.03 bits per heavy atom. The van der Waals surface area contributed by atoms with Gasteiger partial charge in [-0.2, -0.15) is 0 Å². The SMILES string of the molecule is CCCCCCOc1ccc(-c2cc(C(=O)O)c3cc(C)ccc3n2)cc1OC. The van der Waals surface area contributed by atoms with E-state index in [0.717, 1.165) is 24.0 Å². The Kier molecular flexibility index (Phi) is 6.70. The number of ether oxygens (including phenoxy) is 2. The Balaban J connectivity index is 1.93. The molecule has 1 heterocycles. The topological polar surface area (TPSA) is 68.7 Å². The number of pyridine rings is 1. The molecule has 0 aliphatic carbocycles. The van der Waals surface area contributed by atoms with Crippen molar-refractivity contribution >= 4 is 16.9 Å². The number of carboxylic acids is 1. The molecule has 3 rings (SSSR count). The maximum absolute atomic E-state index is 11.8. The molecule has 5 heteroatoms. The van der Waals surface area contributed by atoms with Crippen LogP contribution in [0.4, 0.5) is 0 Å². The van der Waals surface area contributed by atoms with Crippen molar-refractivity contribution in [3.8, 4) is 22.8 Å². The average molecular weight is 393 g/mol. The van der Waals surface area contributed by atoms with Gasteiger partial charge in [-0.3, -0.25) is 0 Å². The van der Waals surface area contributed by atoms with Crippen molar-refractivity contribution in [2.24, 2.45) is 0 Å². The number of fused-ring (bicyclic) bond motifs is 1. The zero-order valence-electron chi connectivity index (χ0n) is 17.2. The smallest absolute Gasteiger partial charge is 0.336 e. The number of nitrogens with zero attached hydrogens (tertiary/aromatic N) is 1. The van der Waals surface area contributed by atoms with Crippen molar-refractivity contribution < 1.29 is 19.4 Å². The molecule has 0 fully saturated rings. The molecule has 1 aromatic heterocycles. The number of aromatic nitrogens is 1. The van der Waals surface area contributed by atoms with E-state index in [1.165, 1.54) is 12.8 Å². The van der Waals surface area contributed by atoms with Gasteiger partial charge in [-0.05, 0) is 49.7 Å². The lowest BCUT2D eigenvalue weighted by Gasteiger charge is -2.13. The van der Waals surface area contributed by atoms with E-state index in [4.69, 9.17) is 9.47 Å². The number of benzene rings is 2. The standard InChI is InChI=1S/C24H27NO4/c1-4-5-6-7-12-29-22-11-9-17(14-23(22)28-3)21-15-19(24(26)27)18-13-16(2)8-10-20(18)25-21/h8-11,13-15H,4-7,12H2,1-3H3,(H,26,27). The highest BCUT2D eigenvalue weighted by atomic mass is 16.5. The molecule has 0 saturated carbocycles. The van der Waals surface area contributed by atoms with Crippen LogP contribution < -0.4 is 9.47 Å². The quantitative estimate of drug-likeness (QED) is 0.460. The van der Waals surface area contributed by atoms with Crippen LogP contribution in [0.3, 0.4) is 0 Å².